The lowest BCUT2D eigenvalue weighted by atomic mass is 9.92. The van der Waals surface area contributed by atoms with E-state index in [0.717, 1.165) is 25.8 Å². The van der Waals surface area contributed by atoms with Crippen molar-refractivity contribution >= 4 is 24.1 Å². The van der Waals surface area contributed by atoms with Crippen LogP contribution in [-0.4, -0.2) is 35.7 Å². The van der Waals surface area contributed by atoms with E-state index in [9.17, 15) is 9.59 Å². The maximum atomic E-state index is 12.4. The Morgan fingerprint density at radius 3 is 2.46 bits per heavy atom. The molecule has 1 aromatic rings. The maximum Gasteiger partial charge on any atom is 0.223 e. The van der Waals surface area contributed by atoms with Crippen molar-refractivity contribution in [3.05, 3.63) is 35.4 Å². The van der Waals surface area contributed by atoms with Gasteiger partial charge in [0.15, 0.2) is 5.78 Å². The molecule has 0 spiro atoms. The van der Waals surface area contributed by atoms with Crippen molar-refractivity contribution in [3.63, 3.8) is 0 Å². The third kappa shape index (κ3) is 5.32. The van der Waals surface area contributed by atoms with E-state index < -0.39 is 0 Å². The Morgan fingerprint density at radius 2 is 1.88 bits per heavy atom. The number of piperidine rings is 1. The van der Waals surface area contributed by atoms with Crippen LogP contribution in [0.2, 0.25) is 0 Å². The molecule has 1 heterocycles. The summed E-state index contributed by atoms with van der Waals surface area (Å²) in [6.45, 7) is 5.56. The Balaban J connectivity index is 0.00000288. The highest BCUT2D eigenvalue weighted by molar-refractivity contribution is 5.98. The summed E-state index contributed by atoms with van der Waals surface area (Å²) in [5, 5.41) is 0. The van der Waals surface area contributed by atoms with E-state index in [2.05, 4.69) is 13.8 Å². The first-order chi connectivity index (χ1) is 11.0. The second-order valence-corrected chi connectivity index (χ2v) is 6.58. The van der Waals surface area contributed by atoms with Crippen LogP contribution in [-0.2, 0) is 11.2 Å². The highest BCUT2D eigenvalue weighted by Crippen LogP contribution is 2.23. The van der Waals surface area contributed by atoms with E-state index in [4.69, 9.17) is 5.73 Å². The molecule has 134 valence electrons. The summed E-state index contributed by atoms with van der Waals surface area (Å²) in [5.41, 5.74) is 7.71. The van der Waals surface area contributed by atoms with Gasteiger partial charge in [0, 0.05) is 37.5 Å². The standard InChI is InChI=1S/C19H28N2O2.ClH/c1-3-15-4-6-16(7-5-15)18(22)8-9-19(23)21-11-10-14(2)12-17(21)13-20;/h4-7,14,17H,3,8-13,20H2,1-2H3;1H. The number of carbonyl (C=O) groups is 2. The minimum atomic E-state index is 0. The molecule has 1 amide bonds. The number of hydrogen-bond acceptors (Lipinski definition) is 3. The van der Waals surface area contributed by atoms with E-state index >= 15 is 0 Å². The molecule has 4 nitrogen and oxygen atoms in total. The molecule has 0 aromatic heterocycles. The molecule has 1 fully saturated rings. The third-order valence-corrected chi connectivity index (χ3v) is 4.82. The van der Waals surface area contributed by atoms with E-state index in [1.54, 1.807) is 0 Å². The van der Waals surface area contributed by atoms with Gasteiger partial charge < -0.3 is 10.6 Å². The van der Waals surface area contributed by atoms with Crippen LogP contribution < -0.4 is 5.73 Å². The minimum absolute atomic E-state index is 0. The van der Waals surface area contributed by atoms with Crippen molar-refractivity contribution in [2.75, 3.05) is 13.1 Å². The van der Waals surface area contributed by atoms with Crippen LogP contribution in [0.5, 0.6) is 0 Å². The number of carbonyl (C=O) groups excluding carboxylic acids is 2. The molecule has 5 heteroatoms. The Hall–Kier alpha value is -1.39. The SMILES string of the molecule is CCc1ccc(C(=O)CCC(=O)N2CCC(C)CC2CN)cc1.Cl. The number of aryl methyl sites for hydroxylation is 1. The molecule has 0 radical (unpaired) electrons. The normalized spacial score (nSPS) is 20.4. The first-order valence-electron chi connectivity index (χ1n) is 8.66. The van der Waals surface area contributed by atoms with Crippen LogP contribution in [0.25, 0.3) is 0 Å². The second-order valence-electron chi connectivity index (χ2n) is 6.58. The first kappa shape index (κ1) is 20.7. The van der Waals surface area contributed by atoms with Crippen molar-refractivity contribution < 1.29 is 9.59 Å². The molecule has 24 heavy (non-hydrogen) atoms. The molecule has 2 atom stereocenters. The summed E-state index contributed by atoms with van der Waals surface area (Å²) in [5.74, 6) is 0.716. The summed E-state index contributed by atoms with van der Waals surface area (Å²) in [6, 6.07) is 7.80. The van der Waals surface area contributed by atoms with Crippen molar-refractivity contribution in [3.8, 4) is 0 Å². The molecule has 2 N–H and O–H groups in total. The van der Waals surface area contributed by atoms with E-state index in [1.165, 1.54) is 5.56 Å². The summed E-state index contributed by atoms with van der Waals surface area (Å²) in [4.78, 5) is 26.6. The van der Waals surface area contributed by atoms with Crippen LogP contribution in [0.15, 0.2) is 24.3 Å². The van der Waals surface area contributed by atoms with Crippen LogP contribution in [0.4, 0.5) is 0 Å². The fourth-order valence-electron chi connectivity index (χ4n) is 3.24. The molecule has 1 aromatic carbocycles. The summed E-state index contributed by atoms with van der Waals surface area (Å²) >= 11 is 0. The minimum Gasteiger partial charge on any atom is -0.338 e. The number of rotatable bonds is 6. The highest BCUT2D eigenvalue weighted by atomic mass is 35.5. The van der Waals surface area contributed by atoms with Crippen molar-refractivity contribution in [1.82, 2.24) is 4.90 Å². The summed E-state index contributed by atoms with van der Waals surface area (Å²) in [6.07, 6.45) is 3.50. The number of ketones is 1. The molecule has 2 unspecified atom stereocenters. The van der Waals surface area contributed by atoms with Gasteiger partial charge in [-0.3, -0.25) is 9.59 Å². The predicted octanol–water partition coefficient (Wildman–Crippen LogP) is 3.22. The number of nitrogens with zero attached hydrogens (tertiary/aromatic N) is 1. The maximum absolute atomic E-state index is 12.4. The van der Waals surface area contributed by atoms with Crippen LogP contribution >= 0.6 is 12.4 Å². The monoisotopic (exact) mass is 352 g/mol. The molecule has 0 aliphatic carbocycles. The van der Waals surface area contributed by atoms with Crippen LogP contribution in [0.1, 0.15) is 55.5 Å². The quantitative estimate of drug-likeness (QED) is 0.799. The molecule has 0 saturated carbocycles. The summed E-state index contributed by atoms with van der Waals surface area (Å²) < 4.78 is 0. The van der Waals surface area contributed by atoms with Crippen LogP contribution in [0, 0.1) is 5.92 Å². The van der Waals surface area contributed by atoms with Crippen molar-refractivity contribution in [2.24, 2.45) is 11.7 Å². The fourth-order valence-corrected chi connectivity index (χ4v) is 3.24. The van der Waals surface area contributed by atoms with Gasteiger partial charge in [-0.05, 0) is 30.7 Å². The first-order valence-corrected chi connectivity index (χ1v) is 8.66. The largest absolute Gasteiger partial charge is 0.338 e. The average Bonchev–Trinajstić information content (AvgIpc) is 2.59. The number of halogens is 1. The molecular formula is C19H29ClN2O2. The second kappa shape index (κ2) is 9.80. The van der Waals surface area contributed by atoms with Gasteiger partial charge in [0.2, 0.25) is 5.91 Å². The topological polar surface area (TPSA) is 63.4 Å². The lowest BCUT2D eigenvalue weighted by molar-refractivity contribution is -0.135. The number of amides is 1. The van der Waals surface area contributed by atoms with Gasteiger partial charge in [-0.15, -0.1) is 12.4 Å². The van der Waals surface area contributed by atoms with E-state index in [0.29, 0.717) is 18.0 Å². The van der Waals surface area contributed by atoms with Gasteiger partial charge in [-0.2, -0.15) is 0 Å². The molecule has 1 saturated heterocycles. The average molecular weight is 353 g/mol. The number of hydrogen-bond donors (Lipinski definition) is 1. The highest BCUT2D eigenvalue weighted by Gasteiger charge is 2.28. The van der Waals surface area contributed by atoms with Crippen LogP contribution in [0.3, 0.4) is 0 Å². The number of likely N-dealkylation sites (tertiary alicyclic amines) is 1. The molecule has 0 bridgehead atoms. The van der Waals surface area contributed by atoms with Gasteiger partial charge in [0.1, 0.15) is 0 Å². The number of nitrogens with two attached hydrogens (primary N) is 1. The Labute approximate surface area is 151 Å². The molecule has 1 aliphatic heterocycles. The number of benzene rings is 1. The molecule has 1 aliphatic rings. The predicted molar refractivity (Wildman–Crippen MR) is 99.6 cm³/mol. The summed E-state index contributed by atoms with van der Waals surface area (Å²) in [7, 11) is 0. The molecule has 2 rings (SSSR count). The zero-order chi connectivity index (χ0) is 16.8. The number of Topliss-reactive ketones (excluding diaryl/α,β-unsaturated/α-hetero) is 1. The van der Waals surface area contributed by atoms with E-state index in [-0.39, 0.29) is 43.0 Å². The lowest BCUT2D eigenvalue weighted by Gasteiger charge is -2.38. The smallest absolute Gasteiger partial charge is 0.223 e. The van der Waals surface area contributed by atoms with Gasteiger partial charge in [-0.25, -0.2) is 0 Å². The third-order valence-electron chi connectivity index (χ3n) is 4.82. The van der Waals surface area contributed by atoms with Crippen molar-refractivity contribution in [2.45, 2.75) is 52.0 Å². The zero-order valence-corrected chi connectivity index (χ0v) is 15.5. The van der Waals surface area contributed by atoms with Gasteiger partial charge in [0.05, 0.1) is 0 Å². The Kier molecular flexibility index (Phi) is 8.43. The van der Waals surface area contributed by atoms with E-state index in [1.807, 2.05) is 29.2 Å². The Bertz CT molecular complexity index is 545. The zero-order valence-electron chi connectivity index (χ0n) is 14.7. The van der Waals surface area contributed by atoms with Crippen molar-refractivity contribution in [1.29, 1.82) is 0 Å². The van der Waals surface area contributed by atoms with Gasteiger partial charge in [0.25, 0.3) is 0 Å². The Morgan fingerprint density at radius 1 is 1.21 bits per heavy atom. The molecular weight excluding hydrogens is 324 g/mol. The van der Waals surface area contributed by atoms with Gasteiger partial charge in [-0.1, -0.05) is 38.1 Å². The fraction of sp³-hybridized carbons (Fsp3) is 0.579. The lowest BCUT2D eigenvalue weighted by Crippen LogP contribution is -2.49. The van der Waals surface area contributed by atoms with Gasteiger partial charge >= 0.3 is 0 Å².